The summed E-state index contributed by atoms with van der Waals surface area (Å²) in [6.07, 6.45) is 0.795. The molecule has 1 aliphatic rings. The molecule has 5 heteroatoms. The molecule has 0 aliphatic carbocycles. The largest absolute Gasteiger partial charge is 0.381 e. The summed E-state index contributed by atoms with van der Waals surface area (Å²) in [7, 11) is 0. The second kappa shape index (κ2) is 5.73. The first-order valence-corrected chi connectivity index (χ1v) is 7.52. The van der Waals surface area contributed by atoms with Crippen LogP contribution in [0.15, 0.2) is 29.6 Å². The smallest absolute Gasteiger partial charge is 0.229 e. The third-order valence-electron chi connectivity index (χ3n) is 3.38. The summed E-state index contributed by atoms with van der Waals surface area (Å²) in [5, 5.41) is 6.04. The van der Waals surface area contributed by atoms with E-state index in [0.717, 1.165) is 28.4 Å². The van der Waals surface area contributed by atoms with Gasteiger partial charge in [0.1, 0.15) is 0 Å². The number of nitrogens with one attached hydrogen (secondary N) is 1. The Hall–Kier alpha value is -1.72. The molecule has 1 aromatic carbocycles. The number of nitrogens with zero attached hydrogens (tertiary/aromatic N) is 1. The van der Waals surface area contributed by atoms with E-state index in [2.05, 4.69) is 10.3 Å². The van der Waals surface area contributed by atoms with Crippen LogP contribution >= 0.6 is 11.3 Å². The SMILES string of the molecule is Cc1nc(-c2ccccc2NC(=O)C2CCOC2)cs1. The first-order valence-electron chi connectivity index (χ1n) is 6.64. The third kappa shape index (κ3) is 2.73. The number of anilines is 1. The Bertz CT molecular complexity index is 618. The molecule has 1 amide bonds. The minimum Gasteiger partial charge on any atom is -0.381 e. The Morgan fingerprint density at radius 3 is 3.00 bits per heavy atom. The zero-order valence-electron chi connectivity index (χ0n) is 11.3. The van der Waals surface area contributed by atoms with Crippen molar-refractivity contribution in [3.8, 4) is 11.3 Å². The highest BCUT2D eigenvalue weighted by atomic mass is 32.1. The number of aromatic nitrogens is 1. The highest BCUT2D eigenvalue weighted by Crippen LogP contribution is 2.29. The van der Waals surface area contributed by atoms with Gasteiger partial charge in [-0.05, 0) is 19.4 Å². The first kappa shape index (κ1) is 13.3. The number of aryl methyl sites for hydroxylation is 1. The van der Waals surface area contributed by atoms with Gasteiger partial charge in [-0.2, -0.15) is 0 Å². The highest BCUT2D eigenvalue weighted by Gasteiger charge is 2.24. The van der Waals surface area contributed by atoms with E-state index in [4.69, 9.17) is 4.74 Å². The van der Waals surface area contributed by atoms with Gasteiger partial charge in [0, 0.05) is 17.6 Å². The lowest BCUT2D eigenvalue weighted by Crippen LogP contribution is -2.23. The molecule has 1 fully saturated rings. The molecule has 20 heavy (non-hydrogen) atoms. The lowest BCUT2D eigenvalue weighted by molar-refractivity contribution is -0.119. The monoisotopic (exact) mass is 288 g/mol. The van der Waals surface area contributed by atoms with Crippen LogP contribution in [0.3, 0.4) is 0 Å². The van der Waals surface area contributed by atoms with Crippen molar-refractivity contribution in [3.63, 3.8) is 0 Å². The van der Waals surface area contributed by atoms with Gasteiger partial charge in [0.25, 0.3) is 0 Å². The van der Waals surface area contributed by atoms with Crippen LogP contribution in [-0.4, -0.2) is 24.1 Å². The van der Waals surface area contributed by atoms with E-state index in [1.165, 1.54) is 0 Å². The van der Waals surface area contributed by atoms with Crippen LogP contribution in [0.25, 0.3) is 11.3 Å². The van der Waals surface area contributed by atoms with Crippen molar-refractivity contribution in [1.29, 1.82) is 0 Å². The van der Waals surface area contributed by atoms with Crippen LogP contribution in [0.4, 0.5) is 5.69 Å². The topological polar surface area (TPSA) is 51.2 Å². The number of hydrogen-bond acceptors (Lipinski definition) is 4. The standard InChI is InChI=1S/C15H16N2O2S/c1-10-16-14(9-20-10)12-4-2-3-5-13(12)17-15(18)11-6-7-19-8-11/h2-5,9,11H,6-8H2,1H3,(H,17,18). The summed E-state index contributed by atoms with van der Waals surface area (Å²) in [6.45, 7) is 3.17. The van der Waals surface area contributed by atoms with E-state index in [-0.39, 0.29) is 11.8 Å². The van der Waals surface area contributed by atoms with Gasteiger partial charge in [-0.1, -0.05) is 18.2 Å². The molecule has 1 atom stereocenters. The molecule has 1 N–H and O–H groups in total. The average Bonchev–Trinajstić information content (AvgIpc) is 3.10. The Labute approximate surface area is 121 Å². The maximum absolute atomic E-state index is 12.2. The number of ether oxygens (including phenoxy) is 1. The Morgan fingerprint density at radius 2 is 2.30 bits per heavy atom. The number of hydrogen-bond donors (Lipinski definition) is 1. The van der Waals surface area contributed by atoms with E-state index in [0.29, 0.717) is 13.2 Å². The van der Waals surface area contributed by atoms with Crippen LogP contribution in [-0.2, 0) is 9.53 Å². The molecule has 1 saturated heterocycles. The molecule has 1 unspecified atom stereocenters. The second-order valence-electron chi connectivity index (χ2n) is 4.85. The first-order chi connectivity index (χ1) is 9.74. The minimum absolute atomic E-state index is 0.0295. The van der Waals surface area contributed by atoms with Crippen molar-refractivity contribution in [1.82, 2.24) is 4.98 Å². The Balaban J connectivity index is 1.84. The lowest BCUT2D eigenvalue weighted by atomic mass is 10.1. The van der Waals surface area contributed by atoms with Gasteiger partial charge in [-0.3, -0.25) is 4.79 Å². The van der Waals surface area contributed by atoms with Crippen molar-refractivity contribution in [2.75, 3.05) is 18.5 Å². The molecule has 2 heterocycles. The van der Waals surface area contributed by atoms with Crippen molar-refractivity contribution in [3.05, 3.63) is 34.7 Å². The summed E-state index contributed by atoms with van der Waals surface area (Å²) in [5.74, 6) is -0.0119. The predicted molar refractivity (Wildman–Crippen MR) is 79.8 cm³/mol. The molecular weight excluding hydrogens is 272 g/mol. The van der Waals surface area contributed by atoms with Crippen LogP contribution < -0.4 is 5.32 Å². The van der Waals surface area contributed by atoms with E-state index in [1.807, 2.05) is 36.6 Å². The fraction of sp³-hybridized carbons (Fsp3) is 0.333. The predicted octanol–water partition coefficient (Wildman–Crippen LogP) is 3.09. The number of benzene rings is 1. The number of carbonyl (C=O) groups excluding carboxylic acids is 1. The number of thiazole rings is 1. The van der Waals surface area contributed by atoms with Crippen LogP contribution in [0.1, 0.15) is 11.4 Å². The summed E-state index contributed by atoms with van der Waals surface area (Å²) < 4.78 is 5.26. The average molecular weight is 288 g/mol. The van der Waals surface area contributed by atoms with Crippen molar-refractivity contribution < 1.29 is 9.53 Å². The lowest BCUT2D eigenvalue weighted by Gasteiger charge is -2.12. The summed E-state index contributed by atoms with van der Waals surface area (Å²) >= 11 is 1.61. The fourth-order valence-corrected chi connectivity index (χ4v) is 2.89. The highest BCUT2D eigenvalue weighted by molar-refractivity contribution is 7.09. The Kier molecular flexibility index (Phi) is 3.80. The van der Waals surface area contributed by atoms with Crippen LogP contribution in [0.2, 0.25) is 0 Å². The van der Waals surface area contributed by atoms with Gasteiger partial charge in [-0.25, -0.2) is 4.98 Å². The number of para-hydroxylation sites is 1. The third-order valence-corrected chi connectivity index (χ3v) is 4.15. The normalized spacial score (nSPS) is 18.1. The molecule has 1 aromatic heterocycles. The second-order valence-corrected chi connectivity index (χ2v) is 5.91. The van der Waals surface area contributed by atoms with Crippen LogP contribution in [0, 0.1) is 12.8 Å². The van der Waals surface area contributed by atoms with Gasteiger partial charge < -0.3 is 10.1 Å². The Morgan fingerprint density at radius 1 is 1.45 bits per heavy atom. The van der Waals surface area contributed by atoms with Gasteiger partial charge in [0.05, 0.1) is 28.9 Å². The van der Waals surface area contributed by atoms with E-state index >= 15 is 0 Å². The molecule has 0 saturated carbocycles. The van der Waals surface area contributed by atoms with E-state index in [9.17, 15) is 4.79 Å². The van der Waals surface area contributed by atoms with Gasteiger partial charge in [-0.15, -0.1) is 11.3 Å². The van der Waals surface area contributed by atoms with Crippen molar-refractivity contribution in [2.24, 2.45) is 5.92 Å². The van der Waals surface area contributed by atoms with Gasteiger partial charge in [0.2, 0.25) is 5.91 Å². The molecule has 0 bridgehead atoms. The molecule has 2 aromatic rings. The molecule has 4 nitrogen and oxygen atoms in total. The van der Waals surface area contributed by atoms with Crippen molar-refractivity contribution >= 4 is 22.9 Å². The molecule has 104 valence electrons. The quantitative estimate of drug-likeness (QED) is 0.944. The maximum atomic E-state index is 12.2. The fourth-order valence-electron chi connectivity index (χ4n) is 2.28. The summed E-state index contributed by atoms with van der Waals surface area (Å²) in [5.41, 5.74) is 2.69. The number of rotatable bonds is 3. The maximum Gasteiger partial charge on any atom is 0.229 e. The van der Waals surface area contributed by atoms with E-state index in [1.54, 1.807) is 11.3 Å². The molecule has 1 aliphatic heterocycles. The van der Waals surface area contributed by atoms with Crippen molar-refractivity contribution in [2.45, 2.75) is 13.3 Å². The van der Waals surface area contributed by atoms with Gasteiger partial charge in [0.15, 0.2) is 0 Å². The van der Waals surface area contributed by atoms with E-state index < -0.39 is 0 Å². The molecule has 0 radical (unpaired) electrons. The summed E-state index contributed by atoms with van der Waals surface area (Å²) in [4.78, 5) is 16.7. The number of carbonyl (C=O) groups is 1. The van der Waals surface area contributed by atoms with Crippen LogP contribution in [0.5, 0.6) is 0 Å². The zero-order valence-corrected chi connectivity index (χ0v) is 12.1. The molecule has 0 spiro atoms. The van der Waals surface area contributed by atoms with Gasteiger partial charge >= 0.3 is 0 Å². The molecular formula is C15H16N2O2S. The zero-order chi connectivity index (χ0) is 13.9. The minimum atomic E-state index is -0.0415. The summed E-state index contributed by atoms with van der Waals surface area (Å²) in [6, 6.07) is 7.77. The molecule has 3 rings (SSSR count). The number of amides is 1.